The van der Waals surface area contributed by atoms with Crippen molar-refractivity contribution in [3.8, 4) is 11.5 Å². The number of rotatable bonds is 7. The highest BCUT2D eigenvalue weighted by Gasteiger charge is 2.27. The highest BCUT2D eigenvalue weighted by molar-refractivity contribution is 7.80. The molecule has 0 spiro atoms. The predicted molar refractivity (Wildman–Crippen MR) is 128 cm³/mol. The fraction of sp³-hybridized carbons (Fsp3) is 0.409. The molecule has 1 aliphatic rings. The molecule has 0 aliphatic heterocycles. The van der Waals surface area contributed by atoms with Crippen molar-refractivity contribution in [1.29, 1.82) is 0 Å². The molecular weight excluding hydrogens is 452 g/mol. The number of esters is 2. The normalized spacial score (nSPS) is 12.4. The smallest absolute Gasteiger partial charge is 0.341 e. The van der Waals surface area contributed by atoms with Gasteiger partial charge in [0.25, 0.3) is 0 Å². The van der Waals surface area contributed by atoms with Crippen LogP contribution < -0.4 is 20.1 Å². The van der Waals surface area contributed by atoms with Gasteiger partial charge in [-0.2, -0.15) is 0 Å². The quantitative estimate of drug-likeness (QED) is 0.443. The van der Waals surface area contributed by atoms with Gasteiger partial charge in [-0.05, 0) is 50.4 Å². The zero-order valence-electron chi connectivity index (χ0n) is 18.5. The first-order chi connectivity index (χ1) is 15.4. The van der Waals surface area contributed by atoms with Crippen LogP contribution in [0.15, 0.2) is 12.1 Å². The first-order valence-electron chi connectivity index (χ1n) is 10.2. The molecule has 32 heavy (non-hydrogen) atoms. The minimum Gasteiger partial charge on any atom is -0.493 e. The Balaban J connectivity index is 1.91. The summed E-state index contributed by atoms with van der Waals surface area (Å²) in [6.07, 6.45) is 3.89. The van der Waals surface area contributed by atoms with Crippen molar-refractivity contribution in [3.05, 3.63) is 33.7 Å². The Morgan fingerprint density at radius 3 is 2.38 bits per heavy atom. The molecule has 3 rings (SSSR count). The van der Waals surface area contributed by atoms with E-state index in [0.717, 1.165) is 31.2 Å². The molecule has 0 radical (unpaired) electrons. The fourth-order valence-corrected chi connectivity index (χ4v) is 5.15. The number of methoxy groups -OCH3 is 3. The number of hydrogen-bond acceptors (Lipinski definition) is 8. The molecule has 1 heterocycles. The minimum absolute atomic E-state index is 0.214. The fourth-order valence-electron chi connectivity index (χ4n) is 3.59. The van der Waals surface area contributed by atoms with E-state index in [0.29, 0.717) is 34.4 Å². The monoisotopic (exact) mass is 478 g/mol. The zero-order chi connectivity index (χ0) is 23.3. The van der Waals surface area contributed by atoms with Gasteiger partial charge in [0.1, 0.15) is 5.00 Å². The van der Waals surface area contributed by atoms with Crippen molar-refractivity contribution < 1.29 is 28.5 Å². The van der Waals surface area contributed by atoms with E-state index in [1.54, 1.807) is 13.0 Å². The molecule has 0 amide bonds. The minimum atomic E-state index is -0.560. The molecule has 0 unspecified atom stereocenters. The van der Waals surface area contributed by atoms with Gasteiger partial charge in [0.05, 0.1) is 44.8 Å². The van der Waals surface area contributed by atoms with Crippen molar-refractivity contribution in [1.82, 2.24) is 0 Å². The summed E-state index contributed by atoms with van der Waals surface area (Å²) in [5.41, 5.74) is 2.18. The molecule has 10 heteroatoms. The van der Waals surface area contributed by atoms with E-state index in [1.165, 1.54) is 43.6 Å². The number of fused-ring (bicyclic) bond motifs is 1. The van der Waals surface area contributed by atoms with Crippen LogP contribution in [0.3, 0.4) is 0 Å². The van der Waals surface area contributed by atoms with Crippen LogP contribution in [0.4, 0.5) is 10.7 Å². The van der Waals surface area contributed by atoms with E-state index in [2.05, 4.69) is 10.6 Å². The van der Waals surface area contributed by atoms with E-state index in [4.69, 9.17) is 31.2 Å². The Labute approximate surface area is 196 Å². The number of carbonyl (C=O) groups excluding carboxylic acids is 2. The molecule has 0 fully saturated rings. The van der Waals surface area contributed by atoms with Crippen LogP contribution in [-0.2, 0) is 22.3 Å². The first-order valence-corrected chi connectivity index (χ1v) is 11.4. The first kappa shape index (κ1) is 23.8. The van der Waals surface area contributed by atoms with Gasteiger partial charge < -0.3 is 29.6 Å². The Hall–Kier alpha value is -2.85. The Bertz CT molecular complexity index is 1030. The highest BCUT2D eigenvalue weighted by atomic mass is 32.1. The van der Waals surface area contributed by atoms with Gasteiger partial charge in [-0.25, -0.2) is 9.59 Å². The second-order valence-electron chi connectivity index (χ2n) is 6.96. The number of ether oxygens (including phenoxy) is 4. The third-order valence-electron chi connectivity index (χ3n) is 5.06. The molecule has 2 aromatic rings. The number of anilines is 2. The lowest BCUT2D eigenvalue weighted by Gasteiger charge is -2.16. The largest absolute Gasteiger partial charge is 0.493 e. The third kappa shape index (κ3) is 4.97. The second-order valence-corrected chi connectivity index (χ2v) is 8.47. The van der Waals surface area contributed by atoms with Crippen molar-refractivity contribution in [2.45, 2.75) is 32.6 Å². The van der Waals surface area contributed by atoms with E-state index < -0.39 is 5.97 Å². The molecular formula is C22H26N2O6S2. The summed E-state index contributed by atoms with van der Waals surface area (Å²) in [6, 6.07) is 3.12. The summed E-state index contributed by atoms with van der Waals surface area (Å²) < 4.78 is 20.8. The van der Waals surface area contributed by atoms with Gasteiger partial charge in [0, 0.05) is 17.0 Å². The average Bonchev–Trinajstić information content (AvgIpc) is 3.15. The van der Waals surface area contributed by atoms with E-state index in [9.17, 15) is 9.59 Å². The zero-order valence-corrected chi connectivity index (χ0v) is 20.1. The van der Waals surface area contributed by atoms with Crippen molar-refractivity contribution in [3.63, 3.8) is 0 Å². The lowest BCUT2D eigenvalue weighted by molar-refractivity contribution is 0.0525. The Morgan fingerprint density at radius 2 is 1.72 bits per heavy atom. The lowest BCUT2D eigenvalue weighted by atomic mass is 9.95. The van der Waals surface area contributed by atoms with Crippen LogP contribution >= 0.6 is 23.6 Å². The van der Waals surface area contributed by atoms with E-state index >= 15 is 0 Å². The topological polar surface area (TPSA) is 95.1 Å². The van der Waals surface area contributed by atoms with Gasteiger partial charge in [-0.15, -0.1) is 11.3 Å². The maximum absolute atomic E-state index is 12.7. The molecule has 0 saturated heterocycles. The van der Waals surface area contributed by atoms with Gasteiger partial charge >= 0.3 is 11.9 Å². The van der Waals surface area contributed by atoms with E-state index in [1.807, 2.05) is 0 Å². The number of thiophene rings is 1. The molecule has 0 atom stereocenters. The van der Waals surface area contributed by atoms with Crippen LogP contribution in [0.1, 0.15) is 50.9 Å². The molecule has 2 N–H and O–H groups in total. The summed E-state index contributed by atoms with van der Waals surface area (Å²) >= 11 is 7.01. The average molecular weight is 479 g/mol. The van der Waals surface area contributed by atoms with Crippen LogP contribution in [0.5, 0.6) is 11.5 Å². The standard InChI is InChI=1S/C22H26N2O6S2/c1-5-30-21(26)18-12-8-6-7-9-17(12)32-19(18)24-22(31)23-14-11-16(28-3)15(27-2)10-13(14)20(25)29-4/h10-11H,5-9H2,1-4H3,(H2,23,24,31). The maximum atomic E-state index is 12.7. The molecule has 0 saturated carbocycles. The van der Waals surface area contributed by atoms with Crippen LogP contribution in [0.25, 0.3) is 0 Å². The van der Waals surface area contributed by atoms with Crippen molar-refractivity contribution in [2.24, 2.45) is 0 Å². The summed E-state index contributed by atoms with van der Waals surface area (Å²) in [6.45, 7) is 2.07. The van der Waals surface area contributed by atoms with Gasteiger partial charge in [0.2, 0.25) is 0 Å². The molecule has 172 valence electrons. The third-order valence-corrected chi connectivity index (χ3v) is 6.47. The second kappa shape index (κ2) is 10.6. The molecule has 1 aliphatic carbocycles. The number of carbonyl (C=O) groups is 2. The van der Waals surface area contributed by atoms with Crippen molar-refractivity contribution in [2.75, 3.05) is 38.6 Å². The number of thiocarbonyl (C=S) groups is 1. The van der Waals surface area contributed by atoms with Crippen LogP contribution in [-0.4, -0.2) is 45.0 Å². The molecule has 1 aromatic carbocycles. The van der Waals surface area contributed by atoms with Gasteiger partial charge in [-0.1, -0.05) is 0 Å². The summed E-state index contributed by atoms with van der Waals surface area (Å²) in [5, 5.41) is 6.98. The van der Waals surface area contributed by atoms with Crippen LogP contribution in [0.2, 0.25) is 0 Å². The summed E-state index contributed by atoms with van der Waals surface area (Å²) in [7, 11) is 4.27. The Kier molecular flexibility index (Phi) is 7.92. The number of hydrogen-bond donors (Lipinski definition) is 2. The highest BCUT2D eigenvalue weighted by Crippen LogP contribution is 2.39. The van der Waals surface area contributed by atoms with E-state index in [-0.39, 0.29) is 16.6 Å². The summed E-state index contributed by atoms with van der Waals surface area (Å²) in [4.78, 5) is 26.1. The lowest BCUT2D eigenvalue weighted by Crippen LogP contribution is -2.22. The number of benzene rings is 1. The predicted octanol–water partition coefficient (Wildman–Crippen LogP) is 4.42. The van der Waals surface area contributed by atoms with Gasteiger partial charge in [-0.3, -0.25) is 0 Å². The SMILES string of the molecule is CCOC(=O)c1c(NC(=S)Nc2cc(OC)c(OC)cc2C(=O)OC)sc2c1CCCC2. The molecule has 1 aromatic heterocycles. The van der Waals surface area contributed by atoms with Gasteiger partial charge in [0.15, 0.2) is 16.6 Å². The number of nitrogens with one attached hydrogen (secondary N) is 2. The maximum Gasteiger partial charge on any atom is 0.341 e. The van der Waals surface area contributed by atoms with Crippen molar-refractivity contribution >= 4 is 51.3 Å². The summed E-state index contributed by atoms with van der Waals surface area (Å²) in [5.74, 6) is -0.120. The van der Waals surface area contributed by atoms with Crippen LogP contribution in [0, 0.1) is 0 Å². The number of aryl methyl sites for hydroxylation is 1. The molecule has 0 bridgehead atoms. The molecule has 8 nitrogen and oxygen atoms in total. The Morgan fingerprint density at radius 1 is 1.03 bits per heavy atom.